The predicted octanol–water partition coefficient (Wildman–Crippen LogP) is 8.29. The van der Waals surface area contributed by atoms with Crippen LogP contribution in [-0.4, -0.2) is 6.16 Å². The molecule has 0 saturated carbocycles. The van der Waals surface area contributed by atoms with Gasteiger partial charge in [-0.1, -0.05) is 89.5 Å². The highest BCUT2D eigenvalue weighted by atomic mass is 16.7. The number of aryl methyl sites for hydroxylation is 2. The van der Waals surface area contributed by atoms with E-state index < -0.39 is 6.16 Å². The highest BCUT2D eigenvalue weighted by Crippen LogP contribution is 2.18. The molecule has 0 N–H and O–H groups in total. The summed E-state index contributed by atoms with van der Waals surface area (Å²) < 4.78 is 10.6. The van der Waals surface area contributed by atoms with Gasteiger partial charge in [-0.2, -0.15) is 0 Å². The number of unbranched alkanes of at least 4 members (excludes halogenated alkanes) is 8. The number of carbonyl (C=O) groups is 1. The lowest BCUT2D eigenvalue weighted by atomic mass is 10.0. The van der Waals surface area contributed by atoms with E-state index in [0.717, 1.165) is 19.3 Å². The van der Waals surface area contributed by atoms with E-state index in [1.54, 1.807) is 0 Å². The molecule has 2 rings (SSSR count). The van der Waals surface area contributed by atoms with Gasteiger partial charge in [0.25, 0.3) is 0 Å². The van der Waals surface area contributed by atoms with Crippen LogP contribution in [0.4, 0.5) is 4.79 Å². The summed E-state index contributed by atoms with van der Waals surface area (Å²) in [5.41, 5.74) is 2.54. The van der Waals surface area contributed by atoms with Crippen LogP contribution < -0.4 is 9.47 Å². The topological polar surface area (TPSA) is 35.5 Å². The smallest absolute Gasteiger partial charge is 0.395 e. The standard InChI is InChI=1S/C27H38O3/c1-3-5-7-8-9-10-11-12-14-24-17-21-26(22-18-24)30-27(28)29-25-19-15-23(16-20-25)13-6-4-2/h15-22H,3-14H2,1-2H3. The molecule has 0 aromatic heterocycles. The molecule has 0 bridgehead atoms. The summed E-state index contributed by atoms with van der Waals surface area (Å²) in [6.45, 7) is 4.43. The van der Waals surface area contributed by atoms with Gasteiger partial charge in [-0.25, -0.2) is 4.79 Å². The zero-order valence-electron chi connectivity index (χ0n) is 18.8. The maximum Gasteiger partial charge on any atom is 0.519 e. The van der Waals surface area contributed by atoms with Crippen LogP contribution in [-0.2, 0) is 12.8 Å². The van der Waals surface area contributed by atoms with E-state index in [1.807, 2.05) is 48.5 Å². The Morgan fingerprint density at radius 1 is 0.567 bits per heavy atom. The lowest BCUT2D eigenvalue weighted by Crippen LogP contribution is -2.13. The highest BCUT2D eigenvalue weighted by Gasteiger charge is 2.08. The van der Waals surface area contributed by atoms with Crippen LogP contribution in [0.3, 0.4) is 0 Å². The summed E-state index contributed by atoms with van der Waals surface area (Å²) in [6, 6.07) is 15.4. The Kier molecular flexibility index (Phi) is 11.7. The monoisotopic (exact) mass is 410 g/mol. The SMILES string of the molecule is CCCCCCCCCCc1ccc(OC(=O)Oc2ccc(CCCC)cc2)cc1. The summed E-state index contributed by atoms with van der Waals surface area (Å²) in [4.78, 5) is 12.0. The number of rotatable bonds is 14. The molecular weight excluding hydrogens is 372 g/mol. The van der Waals surface area contributed by atoms with E-state index in [4.69, 9.17) is 9.47 Å². The fourth-order valence-electron chi connectivity index (χ4n) is 3.51. The van der Waals surface area contributed by atoms with Crippen molar-refractivity contribution in [3.05, 3.63) is 59.7 Å². The van der Waals surface area contributed by atoms with Crippen molar-refractivity contribution in [3.63, 3.8) is 0 Å². The number of benzene rings is 2. The Balaban J connectivity index is 1.65. The van der Waals surface area contributed by atoms with Gasteiger partial charge in [0, 0.05) is 0 Å². The Bertz CT molecular complexity index is 704. The lowest BCUT2D eigenvalue weighted by molar-refractivity contribution is 0.152. The summed E-state index contributed by atoms with van der Waals surface area (Å²) in [5, 5.41) is 0. The van der Waals surface area contributed by atoms with Crippen molar-refractivity contribution in [2.45, 2.75) is 90.9 Å². The van der Waals surface area contributed by atoms with Crippen molar-refractivity contribution in [3.8, 4) is 11.5 Å². The zero-order valence-corrected chi connectivity index (χ0v) is 18.8. The molecule has 2 aromatic carbocycles. The van der Waals surface area contributed by atoms with Crippen molar-refractivity contribution in [2.75, 3.05) is 0 Å². The van der Waals surface area contributed by atoms with Crippen LogP contribution in [0.25, 0.3) is 0 Å². The van der Waals surface area contributed by atoms with Crippen LogP contribution in [0, 0.1) is 0 Å². The van der Waals surface area contributed by atoms with E-state index >= 15 is 0 Å². The first kappa shape index (κ1) is 24.0. The second-order valence-electron chi connectivity index (χ2n) is 8.07. The van der Waals surface area contributed by atoms with Crippen molar-refractivity contribution in [1.82, 2.24) is 0 Å². The molecule has 0 heterocycles. The van der Waals surface area contributed by atoms with Crippen LogP contribution in [0.1, 0.15) is 89.2 Å². The minimum absolute atomic E-state index is 0.506. The molecule has 0 amide bonds. The molecule has 0 aliphatic rings. The first-order valence-corrected chi connectivity index (χ1v) is 11.8. The number of hydrogen-bond donors (Lipinski definition) is 0. The molecule has 0 unspecified atom stereocenters. The van der Waals surface area contributed by atoms with Gasteiger partial charge in [-0.05, 0) is 61.1 Å². The van der Waals surface area contributed by atoms with E-state index in [1.165, 1.54) is 68.9 Å². The molecule has 0 radical (unpaired) electrons. The van der Waals surface area contributed by atoms with Gasteiger partial charge in [0.1, 0.15) is 11.5 Å². The van der Waals surface area contributed by atoms with E-state index in [0.29, 0.717) is 11.5 Å². The molecule has 2 aromatic rings. The summed E-state index contributed by atoms with van der Waals surface area (Å²) in [5.74, 6) is 1.02. The van der Waals surface area contributed by atoms with Crippen LogP contribution in [0.2, 0.25) is 0 Å². The minimum Gasteiger partial charge on any atom is -0.395 e. The van der Waals surface area contributed by atoms with E-state index in [9.17, 15) is 4.79 Å². The van der Waals surface area contributed by atoms with Crippen LogP contribution >= 0.6 is 0 Å². The fraction of sp³-hybridized carbons (Fsp3) is 0.519. The zero-order chi connectivity index (χ0) is 21.4. The van der Waals surface area contributed by atoms with Crippen molar-refractivity contribution >= 4 is 6.16 Å². The summed E-state index contributed by atoms with van der Waals surface area (Å²) in [6.07, 6.45) is 14.4. The molecule has 0 atom stereocenters. The molecular formula is C27H38O3. The Morgan fingerprint density at radius 2 is 0.967 bits per heavy atom. The number of ether oxygens (including phenoxy) is 2. The van der Waals surface area contributed by atoms with Gasteiger partial charge in [-0.3, -0.25) is 0 Å². The van der Waals surface area contributed by atoms with E-state index in [2.05, 4.69) is 13.8 Å². The van der Waals surface area contributed by atoms with Gasteiger partial charge in [-0.15, -0.1) is 0 Å². The van der Waals surface area contributed by atoms with Gasteiger partial charge in [0.15, 0.2) is 0 Å². The second-order valence-corrected chi connectivity index (χ2v) is 8.07. The van der Waals surface area contributed by atoms with Crippen LogP contribution in [0.15, 0.2) is 48.5 Å². The minimum atomic E-state index is -0.702. The van der Waals surface area contributed by atoms with E-state index in [-0.39, 0.29) is 0 Å². The molecule has 0 fully saturated rings. The largest absolute Gasteiger partial charge is 0.519 e. The second kappa shape index (κ2) is 14.7. The average molecular weight is 411 g/mol. The molecule has 0 aliphatic carbocycles. The van der Waals surface area contributed by atoms with Crippen molar-refractivity contribution < 1.29 is 14.3 Å². The molecule has 164 valence electrons. The van der Waals surface area contributed by atoms with Crippen LogP contribution in [0.5, 0.6) is 11.5 Å². The average Bonchev–Trinajstić information content (AvgIpc) is 2.76. The summed E-state index contributed by atoms with van der Waals surface area (Å²) >= 11 is 0. The Labute approximate surface area is 182 Å². The maximum atomic E-state index is 12.0. The lowest BCUT2D eigenvalue weighted by Gasteiger charge is -2.07. The maximum absolute atomic E-state index is 12.0. The predicted molar refractivity (Wildman–Crippen MR) is 124 cm³/mol. The quantitative estimate of drug-likeness (QED) is 0.178. The molecule has 3 nitrogen and oxygen atoms in total. The van der Waals surface area contributed by atoms with Gasteiger partial charge >= 0.3 is 6.16 Å². The molecule has 0 saturated heterocycles. The Hall–Kier alpha value is -2.29. The first-order valence-electron chi connectivity index (χ1n) is 11.8. The molecule has 30 heavy (non-hydrogen) atoms. The van der Waals surface area contributed by atoms with Gasteiger partial charge in [0.2, 0.25) is 0 Å². The molecule has 0 aliphatic heterocycles. The van der Waals surface area contributed by atoms with Gasteiger partial charge < -0.3 is 9.47 Å². The van der Waals surface area contributed by atoms with Crippen molar-refractivity contribution in [2.24, 2.45) is 0 Å². The molecule has 0 spiro atoms. The third-order valence-corrected chi connectivity index (χ3v) is 5.39. The van der Waals surface area contributed by atoms with Crippen molar-refractivity contribution in [1.29, 1.82) is 0 Å². The third-order valence-electron chi connectivity index (χ3n) is 5.39. The normalized spacial score (nSPS) is 10.7. The number of hydrogen-bond acceptors (Lipinski definition) is 3. The van der Waals surface area contributed by atoms with Gasteiger partial charge in [0.05, 0.1) is 0 Å². The highest BCUT2D eigenvalue weighted by molar-refractivity contribution is 5.67. The Morgan fingerprint density at radius 3 is 1.43 bits per heavy atom. The molecule has 3 heteroatoms. The first-order chi connectivity index (χ1) is 14.7. The fourth-order valence-corrected chi connectivity index (χ4v) is 3.51. The summed E-state index contributed by atoms with van der Waals surface area (Å²) in [7, 11) is 0. The third kappa shape index (κ3) is 9.96. The number of carbonyl (C=O) groups excluding carboxylic acids is 1.